The number of thiophene rings is 1. The average molecular weight is 771 g/mol. The molecule has 4 atom stereocenters. The van der Waals surface area contributed by atoms with Gasteiger partial charge in [-0.1, -0.05) is 11.6 Å². The number of nitrogens with two attached hydrogens (primary N) is 1. The number of fused-ring (bicyclic) bond motifs is 3. The van der Waals surface area contributed by atoms with Crippen LogP contribution < -0.4 is 20.9 Å². The molecule has 3 aromatic heterocycles. The van der Waals surface area contributed by atoms with Crippen LogP contribution in [-0.4, -0.2) is 93.5 Å². The molecular formula is C36H35ClF4N8O3S. The summed E-state index contributed by atoms with van der Waals surface area (Å²) >= 11 is 6.36. The fraction of sp³-hybridized carbons (Fsp3) is 0.528. The number of alkyl halides is 3. The molecule has 1 aromatic carbocycles. The van der Waals surface area contributed by atoms with Gasteiger partial charge in [0.25, 0.3) is 17.1 Å². The number of amides is 1. The number of benzene rings is 1. The van der Waals surface area contributed by atoms with Gasteiger partial charge in [-0.15, -0.1) is 11.3 Å². The van der Waals surface area contributed by atoms with E-state index in [-0.39, 0.29) is 80.3 Å². The molecule has 4 aromatic rings. The molecule has 1 spiro atoms. The summed E-state index contributed by atoms with van der Waals surface area (Å²) in [7, 11) is 0. The Labute approximate surface area is 309 Å². The first-order valence-electron chi connectivity index (χ1n) is 17.8. The van der Waals surface area contributed by atoms with Crippen molar-refractivity contribution >= 4 is 60.7 Å². The summed E-state index contributed by atoms with van der Waals surface area (Å²) in [5, 5.41) is 10.1. The van der Waals surface area contributed by atoms with Gasteiger partial charge < -0.3 is 24.8 Å². The molecule has 0 bridgehead atoms. The zero-order valence-electron chi connectivity index (χ0n) is 28.5. The molecule has 11 nitrogen and oxygen atoms in total. The third kappa shape index (κ3) is 5.44. The highest BCUT2D eigenvalue weighted by Crippen LogP contribution is 2.47. The number of ether oxygens (including phenoxy) is 1. The van der Waals surface area contributed by atoms with Crippen molar-refractivity contribution in [2.45, 2.75) is 68.3 Å². The second kappa shape index (κ2) is 12.4. The van der Waals surface area contributed by atoms with Crippen LogP contribution in [0.3, 0.4) is 0 Å². The zero-order valence-corrected chi connectivity index (χ0v) is 30.1. The minimum Gasteiger partial charge on any atom is -0.461 e. The van der Waals surface area contributed by atoms with Gasteiger partial charge in [0.15, 0.2) is 5.82 Å². The second-order valence-electron chi connectivity index (χ2n) is 15.2. The summed E-state index contributed by atoms with van der Waals surface area (Å²) in [6.45, 7) is 2.43. The van der Waals surface area contributed by atoms with Gasteiger partial charge >= 0.3 is 6.01 Å². The van der Waals surface area contributed by atoms with Crippen LogP contribution >= 0.6 is 22.9 Å². The van der Waals surface area contributed by atoms with E-state index in [1.54, 1.807) is 0 Å². The summed E-state index contributed by atoms with van der Waals surface area (Å²) in [5.74, 6) is -2.13. The van der Waals surface area contributed by atoms with Gasteiger partial charge in [0.05, 0.1) is 21.5 Å². The zero-order chi connectivity index (χ0) is 37.0. The van der Waals surface area contributed by atoms with Crippen molar-refractivity contribution in [1.82, 2.24) is 24.3 Å². The minimum atomic E-state index is -2.15. The van der Waals surface area contributed by atoms with Crippen LogP contribution in [-0.2, 0) is 4.79 Å². The van der Waals surface area contributed by atoms with E-state index in [9.17, 15) is 23.6 Å². The number of halogens is 5. The molecule has 1 amide bonds. The molecule has 0 radical (unpaired) electrons. The van der Waals surface area contributed by atoms with Crippen molar-refractivity contribution in [2.75, 3.05) is 56.5 Å². The van der Waals surface area contributed by atoms with E-state index in [0.29, 0.717) is 51.9 Å². The van der Waals surface area contributed by atoms with E-state index in [4.69, 9.17) is 27.1 Å². The predicted octanol–water partition coefficient (Wildman–Crippen LogP) is 5.66. The molecule has 5 fully saturated rings. The van der Waals surface area contributed by atoms with E-state index in [1.807, 2.05) is 11.0 Å². The van der Waals surface area contributed by atoms with Gasteiger partial charge in [-0.2, -0.15) is 15.2 Å². The monoisotopic (exact) mass is 770 g/mol. The highest BCUT2D eigenvalue weighted by atomic mass is 35.5. The molecule has 4 aliphatic heterocycles. The number of aromatic nitrogens is 3. The Hall–Kier alpha value is -4.20. The summed E-state index contributed by atoms with van der Waals surface area (Å²) < 4.78 is 68.7. The third-order valence-electron chi connectivity index (χ3n) is 12.0. The number of nitrogen functional groups attached to an aromatic ring is 1. The SMILES string of the molecule is N#Cc1c(N)sc2c(F)ccc(-c3c(F)c4nc(OC[C@@]56CCCN5C[C@H](F)C6)nc(N5CCC6(CCN(C(=O)C(F)Cl)C6)C5)c4c(=O)n3C3CC3)c12. The van der Waals surface area contributed by atoms with Gasteiger partial charge in [0.2, 0.25) is 0 Å². The quantitative estimate of drug-likeness (QED) is 0.187. The van der Waals surface area contributed by atoms with Crippen LogP contribution in [0.5, 0.6) is 6.01 Å². The van der Waals surface area contributed by atoms with Gasteiger partial charge in [0.1, 0.15) is 46.4 Å². The number of rotatable bonds is 7. The summed E-state index contributed by atoms with van der Waals surface area (Å²) in [5.41, 5.74) is 2.12. The Balaban J connectivity index is 1.21. The number of pyridine rings is 1. The first-order chi connectivity index (χ1) is 25.4. The van der Waals surface area contributed by atoms with Crippen LogP contribution in [0.4, 0.5) is 28.4 Å². The number of nitriles is 1. The molecule has 7 heterocycles. The number of likely N-dealkylation sites (tertiary alicyclic amines) is 1. The fourth-order valence-electron chi connectivity index (χ4n) is 9.30. The Morgan fingerprint density at radius 3 is 2.70 bits per heavy atom. The van der Waals surface area contributed by atoms with Crippen molar-refractivity contribution in [3.63, 3.8) is 0 Å². The van der Waals surface area contributed by atoms with E-state index in [0.717, 1.165) is 30.7 Å². The number of carbonyl (C=O) groups is 1. The molecule has 53 heavy (non-hydrogen) atoms. The molecule has 278 valence electrons. The molecule has 1 saturated carbocycles. The van der Waals surface area contributed by atoms with Crippen LogP contribution in [0, 0.1) is 28.4 Å². The molecule has 2 unspecified atom stereocenters. The first kappa shape index (κ1) is 34.6. The summed E-state index contributed by atoms with van der Waals surface area (Å²) in [6, 6.07) is 4.00. The Morgan fingerprint density at radius 1 is 1.15 bits per heavy atom. The lowest BCUT2D eigenvalue weighted by atomic mass is 9.86. The molecular weight excluding hydrogens is 736 g/mol. The van der Waals surface area contributed by atoms with Crippen LogP contribution in [0.25, 0.3) is 32.2 Å². The standard InChI is InChI=1S/C36H35ClF4N8O3S/c37-29(41)33(51)47-11-8-35(16-47)7-10-46(15-35)31-24-26(44-34(45-31)52-17-36-6-1-9-48(36)14-18(38)12-36)25(40)27(49(32(24)50)19-2-3-19)20-4-5-22(39)28-23(20)21(13-42)30(43)53-28/h4-5,18-19,29H,1-3,6-12,14-17,43H2/t18-,29?,35?,36+/m1/s1. The maximum absolute atomic E-state index is 17.5. The topological polar surface area (TPSA) is 134 Å². The largest absolute Gasteiger partial charge is 0.461 e. The lowest BCUT2D eigenvalue weighted by molar-refractivity contribution is -0.132. The average Bonchev–Trinajstić information content (AvgIpc) is 3.42. The number of carbonyl (C=O) groups excluding carboxylic acids is 1. The van der Waals surface area contributed by atoms with Gasteiger partial charge in [-0.05, 0) is 57.2 Å². The highest BCUT2D eigenvalue weighted by Gasteiger charge is 2.50. The lowest BCUT2D eigenvalue weighted by Gasteiger charge is -2.31. The molecule has 1 aliphatic carbocycles. The first-order valence-corrected chi connectivity index (χ1v) is 19.1. The predicted molar refractivity (Wildman–Crippen MR) is 192 cm³/mol. The van der Waals surface area contributed by atoms with Crippen molar-refractivity contribution in [3.05, 3.63) is 39.7 Å². The molecule has 9 rings (SSSR count). The number of hydrogen-bond acceptors (Lipinski definition) is 10. The maximum atomic E-state index is 17.5. The molecule has 5 aliphatic rings. The number of nitrogens with zero attached hydrogens (tertiary/aromatic N) is 7. The van der Waals surface area contributed by atoms with Crippen LogP contribution in [0.2, 0.25) is 0 Å². The fourth-order valence-corrected chi connectivity index (χ4v) is 10.4. The van der Waals surface area contributed by atoms with Crippen molar-refractivity contribution in [2.24, 2.45) is 5.41 Å². The van der Waals surface area contributed by atoms with Crippen LogP contribution in [0.1, 0.15) is 56.6 Å². The van der Waals surface area contributed by atoms with Gasteiger partial charge in [-0.25, -0.2) is 17.6 Å². The second-order valence-corrected chi connectivity index (χ2v) is 16.7. The van der Waals surface area contributed by atoms with Crippen LogP contribution in [0.15, 0.2) is 16.9 Å². The molecule has 17 heteroatoms. The van der Waals surface area contributed by atoms with Crippen molar-refractivity contribution in [1.29, 1.82) is 5.26 Å². The van der Waals surface area contributed by atoms with Crippen molar-refractivity contribution < 1.29 is 27.1 Å². The number of hydrogen-bond donors (Lipinski definition) is 1. The molecule has 2 N–H and O–H groups in total. The third-order valence-corrected chi connectivity index (χ3v) is 13.2. The normalized spacial score (nSPS) is 26.3. The summed E-state index contributed by atoms with van der Waals surface area (Å²) in [4.78, 5) is 41.9. The van der Waals surface area contributed by atoms with Crippen molar-refractivity contribution in [3.8, 4) is 23.3 Å². The maximum Gasteiger partial charge on any atom is 0.319 e. The van der Waals surface area contributed by atoms with E-state index in [2.05, 4.69) is 9.88 Å². The Bertz CT molecular complexity index is 2310. The summed E-state index contributed by atoms with van der Waals surface area (Å²) in [6.07, 6.45) is 3.24. The van der Waals surface area contributed by atoms with Gasteiger partial charge in [-0.3, -0.25) is 14.5 Å². The Morgan fingerprint density at radius 2 is 1.94 bits per heavy atom. The van der Waals surface area contributed by atoms with Gasteiger partial charge in [0, 0.05) is 61.6 Å². The van der Waals surface area contributed by atoms with E-state index >= 15 is 8.78 Å². The number of anilines is 2. The lowest BCUT2D eigenvalue weighted by Crippen LogP contribution is -2.43. The minimum absolute atomic E-state index is 0.0102. The van der Waals surface area contributed by atoms with E-state index < -0.39 is 45.9 Å². The molecule has 4 saturated heterocycles. The highest BCUT2D eigenvalue weighted by molar-refractivity contribution is 7.23. The Kier molecular flexibility index (Phi) is 8.10. The van der Waals surface area contributed by atoms with E-state index in [1.165, 1.54) is 21.6 Å². The smallest absolute Gasteiger partial charge is 0.319 e.